The first-order valence-corrected chi connectivity index (χ1v) is 10.9. The van der Waals surface area contributed by atoms with Crippen LogP contribution < -0.4 is 9.64 Å². The minimum atomic E-state index is -0.262. The molecule has 0 amide bonds. The van der Waals surface area contributed by atoms with Gasteiger partial charge in [0.15, 0.2) is 5.13 Å². The fourth-order valence-corrected chi connectivity index (χ4v) is 4.97. The Hall–Kier alpha value is -2.25. The van der Waals surface area contributed by atoms with Gasteiger partial charge in [-0.2, -0.15) is 0 Å². The molecule has 0 radical (unpaired) electrons. The Morgan fingerprint density at radius 1 is 1.25 bits per heavy atom. The normalized spacial score (nSPS) is 14.4. The number of nitrogens with zero attached hydrogens (tertiary/aromatic N) is 2. The summed E-state index contributed by atoms with van der Waals surface area (Å²) in [4.78, 5) is 20.4. The lowest BCUT2D eigenvalue weighted by molar-refractivity contribution is 0.0234. The Balaban J connectivity index is 1.37. The van der Waals surface area contributed by atoms with Crippen molar-refractivity contribution in [1.29, 1.82) is 0 Å². The molecule has 1 aromatic heterocycles. The van der Waals surface area contributed by atoms with Crippen LogP contribution >= 0.6 is 23.1 Å². The Morgan fingerprint density at radius 3 is 2.79 bits per heavy atom. The van der Waals surface area contributed by atoms with Gasteiger partial charge in [0.05, 0.1) is 30.5 Å². The fraction of sp³-hybridized carbons (Fsp3) is 0.333. The Morgan fingerprint density at radius 2 is 2.04 bits per heavy atom. The van der Waals surface area contributed by atoms with Crippen LogP contribution in [0.1, 0.15) is 24.2 Å². The molecule has 0 unspecified atom stereocenters. The van der Waals surface area contributed by atoms with Crippen molar-refractivity contribution in [2.45, 2.75) is 30.1 Å². The zero-order valence-corrected chi connectivity index (χ0v) is 17.7. The molecular weight excluding hydrogens is 392 g/mol. The molecule has 1 saturated heterocycles. The summed E-state index contributed by atoms with van der Waals surface area (Å²) in [5.41, 5.74) is 1.48. The van der Waals surface area contributed by atoms with Crippen molar-refractivity contribution in [3.05, 3.63) is 48.0 Å². The van der Waals surface area contributed by atoms with Gasteiger partial charge in [-0.1, -0.05) is 37.3 Å². The maximum atomic E-state index is 12.5. The van der Waals surface area contributed by atoms with E-state index < -0.39 is 0 Å². The van der Waals surface area contributed by atoms with Gasteiger partial charge in [0.1, 0.15) is 17.4 Å². The number of fused-ring (bicyclic) bond motifs is 1. The number of thiazole rings is 1. The largest absolute Gasteiger partial charge is 0.494 e. The van der Waals surface area contributed by atoms with E-state index in [0.717, 1.165) is 26.0 Å². The molecule has 28 heavy (non-hydrogen) atoms. The third-order valence-electron chi connectivity index (χ3n) is 4.42. The molecule has 0 atom stereocenters. The Kier molecular flexibility index (Phi) is 5.46. The van der Waals surface area contributed by atoms with Gasteiger partial charge in [-0.15, -0.1) is 11.8 Å². The molecule has 4 rings (SSSR count). The molecule has 0 N–H and O–H groups in total. The van der Waals surface area contributed by atoms with Gasteiger partial charge >= 0.3 is 5.97 Å². The molecule has 5 nitrogen and oxygen atoms in total. The lowest BCUT2D eigenvalue weighted by atomic mass is 10.2. The number of methoxy groups -OCH3 is 1. The number of carbonyl (C=O) groups excluding carboxylic acids is 1. The van der Waals surface area contributed by atoms with Gasteiger partial charge in [-0.3, -0.25) is 0 Å². The standard InChI is InChI=1S/C21H22N2O3S2/c1-13(2)27-16-7-4-6-14(10-16)20(24)26-15-11-23(12-15)21-22-19-17(25-3)8-5-9-18(19)28-21/h4-10,13,15H,11-12H2,1-3H3. The van der Waals surface area contributed by atoms with Crippen LogP contribution in [0.3, 0.4) is 0 Å². The van der Waals surface area contributed by atoms with Gasteiger partial charge in [-0.25, -0.2) is 9.78 Å². The number of esters is 1. The minimum absolute atomic E-state index is 0.109. The molecule has 2 aromatic carbocycles. The summed E-state index contributed by atoms with van der Waals surface area (Å²) >= 11 is 3.37. The van der Waals surface area contributed by atoms with Crippen LogP contribution in [-0.2, 0) is 4.74 Å². The van der Waals surface area contributed by atoms with E-state index in [4.69, 9.17) is 14.5 Å². The molecule has 1 aliphatic heterocycles. The van der Waals surface area contributed by atoms with Crippen LogP contribution in [0.15, 0.2) is 47.4 Å². The lowest BCUT2D eigenvalue weighted by Crippen LogP contribution is -2.53. The third-order valence-corrected chi connectivity index (χ3v) is 6.50. The topological polar surface area (TPSA) is 51.7 Å². The fourth-order valence-electron chi connectivity index (χ4n) is 3.07. The number of aromatic nitrogens is 1. The maximum Gasteiger partial charge on any atom is 0.338 e. The average Bonchev–Trinajstić information content (AvgIpc) is 3.07. The number of thioether (sulfide) groups is 1. The van der Waals surface area contributed by atoms with E-state index >= 15 is 0 Å². The number of para-hydroxylation sites is 1. The molecular formula is C21H22N2O3S2. The summed E-state index contributed by atoms with van der Waals surface area (Å²) in [5, 5.41) is 1.40. The summed E-state index contributed by atoms with van der Waals surface area (Å²) in [6.45, 7) is 5.59. The predicted octanol–water partition coefficient (Wildman–Crippen LogP) is 4.85. The second kappa shape index (κ2) is 8.01. The molecule has 2 heterocycles. The van der Waals surface area contributed by atoms with Gasteiger partial charge in [0.25, 0.3) is 0 Å². The van der Waals surface area contributed by atoms with Crippen molar-refractivity contribution < 1.29 is 14.3 Å². The van der Waals surface area contributed by atoms with Crippen molar-refractivity contribution in [3.8, 4) is 5.75 Å². The average molecular weight is 415 g/mol. The smallest absolute Gasteiger partial charge is 0.338 e. The highest BCUT2D eigenvalue weighted by molar-refractivity contribution is 7.99. The highest BCUT2D eigenvalue weighted by atomic mass is 32.2. The summed E-state index contributed by atoms with van der Waals surface area (Å²) in [7, 11) is 1.65. The predicted molar refractivity (Wildman–Crippen MR) is 115 cm³/mol. The molecule has 0 aliphatic carbocycles. The first-order valence-electron chi connectivity index (χ1n) is 9.19. The van der Waals surface area contributed by atoms with Crippen molar-refractivity contribution >= 4 is 44.4 Å². The molecule has 146 valence electrons. The van der Waals surface area contributed by atoms with Crippen molar-refractivity contribution in [2.24, 2.45) is 0 Å². The summed E-state index contributed by atoms with van der Waals surface area (Å²) in [6, 6.07) is 13.6. The Labute approximate surface area is 172 Å². The van der Waals surface area contributed by atoms with Crippen LogP contribution in [0, 0.1) is 0 Å². The van der Waals surface area contributed by atoms with Crippen molar-refractivity contribution in [3.63, 3.8) is 0 Å². The summed E-state index contributed by atoms with van der Waals surface area (Å²) < 4.78 is 12.1. The second-order valence-electron chi connectivity index (χ2n) is 6.93. The van der Waals surface area contributed by atoms with Crippen LogP contribution in [0.4, 0.5) is 5.13 Å². The number of hydrogen-bond donors (Lipinski definition) is 0. The lowest BCUT2D eigenvalue weighted by Gasteiger charge is -2.38. The summed E-state index contributed by atoms with van der Waals surface area (Å²) in [5.74, 6) is 0.518. The third kappa shape index (κ3) is 3.95. The number of hydrogen-bond acceptors (Lipinski definition) is 7. The van der Waals surface area contributed by atoms with E-state index in [9.17, 15) is 4.79 Å². The van der Waals surface area contributed by atoms with E-state index in [1.54, 1.807) is 30.2 Å². The van der Waals surface area contributed by atoms with Crippen LogP contribution in [0.5, 0.6) is 5.75 Å². The second-order valence-corrected chi connectivity index (χ2v) is 9.59. The molecule has 0 spiro atoms. The van der Waals surface area contributed by atoms with E-state index in [2.05, 4.69) is 18.7 Å². The quantitative estimate of drug-likeness (QED) is 0.424. The molecule has 1 aliphatic rings. The zero-order valence-electron chi connectivity index (χ0n) is 16.0. The van der Waals surface area contributed by atoms with Gasteiger partial charge < -0.3 is 14.4 Å². The molecule has 0 saturated carbocycles. The molecule has 7 heteroatoms. The SMILES string of the molecule is COc1cccc2sc(N3CC(OC(=O)c4cccc(SC(C)C)c4)C3)nc12. The zero-order chi connectivity index (χ0) is 19.7. The van der Waals surface area contributed by atoms with Crippen molar-refractivity contribution in [1.82, 2.24) is 4.98 Å². The van der Waals surface area contributed by atoms with E-state index in [1.807, 2.05) is 42.5 Å². The highest BCUT2D eigenvalue weighted by Crippen LogP contribution is 2.36. The number of carbonyl (C=O) groups is 1. The van der Waals surface area contributed by atoms with E-state index in [1.165, 1.54) is 0 Å². The molecule has 3 aromatic rings. The first-order chi connectivity index (χ1) is 13.5. The van der Waals surface area contributed by atoms with E-state index in [-0.39, 0.29) is 12.1 Å². The Bertz CT molecular complexity index is 996. The summed E-state index contributed by atoms with van der Waals surface area (Å²) in [6.07, 6.45) is -0.109. The van der Waals surface area contributed by atoms with Crippen LogP contribution in [0.2, 0.25) is 0 Å². The van der Waals surface area contributed by atoms with Gasteiger partial charge in [0, 0.05) is 10.1 Å². The first kappa shape index (κ1) is 19.1. The highest BCUT2D eigenvalue weighted by Gasteiger charge is 2.32. The number of rotatable bonds is 6. The maximum absolute atomic E-state index is 12.5. The van der Waals surface area contributed by atoms with Crippen LogP contribution in [0.25, 0.3) is 10.2 Å². The number of ether oxygens (including phenoxy) is 2. The number of benzene rings is 2. The number of anilines is 1. The van der Waals surface area contributed by atoms with E-state index in [0.29, 0.717) is 23.9 Å². The van der Waals surface area contributed by atoms with Gasteiger partial charge in [0.2, 0.25) is 0 Å². The minimum Gasteiger partial charge on any atom is -0.494 e. The van der Waals surface area contributed by atoms with Crippen molar-refractivity contribution in [2.75, 3.05) is 25.1 Å². The monoisotopic (exact) mass is 414 g/mol. The molecule has 0 bridgehead atoms. The van der Waals surface area contributed by atoms with Gasteiger partial charge in [-0.05, 0) is 30.3 Å². The molecule has 1 fully saturated rings. The van der Waals surface area contributed by atoms with Crippen LogP contribution in [-0.4, -0.2) is 42.5 Å².